The van der Waals surface area contributed by atoms with E-state index in [1.165, 1.54) is 80.7 Å². The van der Waals surface area contributed by atoms with Gasteiger partial charge in [0.1, 0.15) is 5.78 Å². The summed E-state index contributed by atoms with van der Waals surface area (Å²) in [5.74, 6) is 2.29. The highest BCUT2D eigenvalue weighted by atomic mass is 16.1. The van der Waals surface area contributed by atoms with E-state index in [1.54, 1.807) is 6.92 Å². The zero-order chi connectivity index (χ0) is 20.2. The monoisotopic (exact) mass is 404 g/mol. The van der Waals surface area contributed by atoms with Crippen LogP contribution in [-0.4, -0.2) is 33.4 Å². The molecule has 2 aliphatic heterocycles. The maximum absolute atomic E-state index is 11.8. The molecular weight excluding hydrogens is 368 g/mol. The number of rotatable bonds is 4. The second-order valence-corrected chi connectivity index (χ2v) is 10.9. The summed E-state index contributed by atoms with van der Waals surface area (Å²) in [6, 6.07) is 11.7. The van der Waals surface area contributed by atoms with E-state index in [0.29, 0.717) is 12.5 Å². The zero-order valence-electron chi connectivity index (χ0n) is 18.4. The van der Waals surface area contributed by atoms with Crippen LogP contribution in [0.2, 0.25) is 0 Å². The van der Waals surface area contributed by atoms with Gasteiger partial charge in [0.05, 0.1) is 0 Å². The molecule has 4 aliphatic rings. The number of hydrogen-bond acceptors (Lipinski definition) is 2. The number of carbonyl (C=O) groups excluding carboxylic acids is 1. The maximum atomic E-state index is 11.8. The Morgan fingerprint density at radius 2 is 1.57 bits per heavy atom. The summed E-state index contributed by atoms with van der Waals surface area (Å²) in [5.41, 5.74) is 2.55. The minimum atomic E-state index is 0.260. The van der Waals surface area contributed by atoms with Gasteiger partial charge in [-0.1, -0.05) is 37.5 Å². The molecule has 2 saturated carbocycles. The van der Waals surface area contributed by atoms with Crippen LogP contribution in [0, 0.1) is 11.8 Å². The van der Waals surface area contributed by atoms with Crippen molar-refractivity contribution in [2.24, 2.45) is 11.8 Å². The molecule has 2 aliphatic carbocycles. The minimum Gasteiger partial charge on any atom is -0.344 e. The number of fused-ring (bicyclic) bond motifs is 5. The summed E-state index contributed by atoms with van der Waals surface area (Å²) < 4.78 is 2.55. The first-order valence-corrected chi connectivity index (χ1v) is 12.5. The lowest BCUT2D eigenvalue weighted by Gasteiger charge is -2.49. The van der Waals surface area contributed by atoms with Gasteiger partial charge in [-0.25, -0.2) is 0 Å². The number of piperidine rings is 1. The molecule has 2 saturated heterocycles. The maximum Gasteiger partial charge on any atom is 0.134 e. The van der Waals surface area contributed by atoms with Crippen LogP contribution in [0.25, 0.3) is 10.9 Å². The van der Waals surface area contributed by atoms with Crippen LogP contribution in [0.1, 0.15) is 82.7 Å². The fraction of sp³-hybridized carbons (Fsp3) is 0.667. The molecular formula is C27H36N2O. The fourth-order valence-corrected chi connectivity index (χ4v) is 7.94. The molecule has 6 atom stereocenters. The predicted octanol–water partition coefficient (Wildman–Crippen LogP) is 5.91. The molecule has 3 heteroatoms. The van der Waals surface area contributed by atoms with Crippen LogP contribution in [0.15, 0.2) is 30.5 Å². The number of benzene rings is 1. The molecule has 0 radical (unpaired) electrons. The van der Waals surface area contributed by atoms with E-state index < -0.39 is 0 Å². The molecule has 4 fully saturated rings. The normalized spacial score (nSPS) is 36.3. The van der Waals surface area contributed by atoms with Gasteiger partial charge in [-0.3, -0.25) is 9.69 Å². The zero-order valence-corrected chi connectivity index (χ0v) is 18.4. The third kappa shape index (κ3) is 3.25. The highest BCUT2D eigenvalue weighted by Crippen LogP contribution is 2.48. The number of aromatic nitrogens is 1. The van der Waals surface area contributed by atoms with Gasteiger partial charge in [0, 0.05) is 47.7 Å². The summed E-state index contributed by atoms with van der Waals surface area (Å²) in [6.07, 6.45) is 17.2. The van der Waals surface area contributed by atoms with Crippen LogP contribution >= 0.6 is 0 Å². The lowest BCUT2D eigenvalue weighted by Crippen LogP contribution is -2.52. The lowest BCUT2D eigenvalue weighted by molar-refractivity contribution is -0.116. The van der Waals surface area contributed by atoms with Crippen molar-refractivity contribution in [2.45, 2.75) is 102 Å². The molecule has 4 bridgehead atoms. The Kier molecular flexibility index (Phi) is 4.78. The Hall–Kier alpha value is -1.61. The quantitative estimate of drug-likeness (QED) is 0.633. The average Bonchev–Trinajstić information content (AvgIpc) is 3.22. The molecule has 0 amide bonds. The van der Waals surface area contributed by atoms with Crippen molar-refractivity contribution in [2.75, 3.05) is 0 Å². The minimum absolute atomic E-state index is 0.260. The van der Waals surface area contributed by atoms with Crippen LogP contribution in [0.5, 0.6) is 0 Å². The molecule has 3 heterocycles. The molecule has 3 nitrogen and oxygen atoms in total. The van der Waals surface area contributed by atoms with E-state index >= 15 is 0 Å². The Morgan fingerprint density at radius 1 is 0.867 bits per heavy atom. The topological polar surface area (TPSA) is 25.2 Å². The molecule has 0 N–H and O–H groups in total. The van der Waals surface area contributed by atoms with Gasteiger partial charge in [-0.15, -0.1) is 0 Å². The molecule has 1 aromatic carbocycles. The van der Waals surface area contributed by atoms with Crippen LogP contribution in [-0.2, 0) is 11.2 Å². The Bertz CT molecular complexity index is 919. The smallest absolute Gasteiger partial charge is 0.134 e. The van der Waals surface area contributed by atoms with Crippen LogP contribution in [0.3, 0.4) is 0 Å². The first-order chi connectivity index (χ1) is 14.7. The second kappa shape index (κ2) is 7.51. The fourth-order valence-electron chi connectivity index (χ4n) is 7.94. The summed E-state index contributed by atoms with van der Waals surface area (Å²) >= 11 is 0. The van der Waals surface area contributed by atoms with E-state index in [4.69, 9.17) is 0 Å². The van der Waals surface area contributed by atoms with Crippen LogP contribution in [0.4, 0.5) is 0 Å². The van der Waals surface area contributed by atoms with Gasteiger partial charge in [0.2, 0.25) is 0 Å². The van der Waals surface area contributed by atoms with Gasteiger partial charge in [-0.2, -0.15) is 0 Å². The summed E-state index contributed by atoms with van der Waals surface area (Å²) in [6.45, 7) is 1.71. The molecule has 6 rings (SSSR count). The van der Waals surface area contributed by atoms with Gasteiger partial charge in [0.15, 0.2) is 0 Å². The van der Waals surface area contributed by atoms with Crippen molar-refractivity contribution in [3.8, 4) is 0 Å². The third-order valence-corrected chi connectivity index (χ3v) is 8.94. The summed E-state index contributed by atoms with van der Waals surface area (Å²) in [5, 5.41) is 1.28. The first kappa shape index (κ1) is 19.1. The van der Waals surface area contributed by atoms with E-state index in [-0.39, 0.29) is 5.78 Å². The van der Waals surface area contributed by atoms with E-state index in [2.05, 4.69) is 39.9 Å². The Balaban J connectivity index is 1.26. The third-order valence-electron chi connectivity index (χ3n) is 8.94. The van der Waals surface area contributed by atoms with E-state index in [9.17, 15) is 4.79 Å². The second-order valence-electron chi connectivity index (χ2n) is 10.9. The lowest BCUT2D eigenvalue weighted by atomic mass is 9.69. The number of ketones is 1. The number of nitrogens with zero attached hydrogens (tertiary/aromatic N) is 2. The SMILES string of the molecule is CC(=O)Cc1cn(C2C[C@H]3CC[C@@H](C2)N3C2C[C@H]3CCC[C@@H](C2)C3)c2ccccc12. The average molecular weight is 405 g/mol. The highest BCUT2D eigenvalue weighted by molar-refractivity contribution is 5.89. The predicted molar refractivity (Wildman–Crippen MR) is 122 cm³/mol. The van der Waals surface area contributed by atoms with E-state index in [1.807, 2.05) is 0 Å². The van der Waals surface area contributed by atoms with Crippen LogP contribution < -0.4 is 0 Å². The highest BCUT2D eigenvalue weighted by Gasteiger charge is 2.46. The van der Waals surface area contributed by atoms with Gasteiger partial charge in [-0.05, 0) is 75.3 Å². The number of carbonyl (C=O) groups is 1. The standard InChI is InChI=1S/C27H36N2O/c1-18(30)11-21-17-28(27-8-3-2-7-26(21)27)24-15-22-9-10-23(16-24)29(22)25-13-19-5-4-6-20(12-19)14-25/h2-3,7-8,17,19-20,22-25H,4-6,9-16H2,1H3/t19-,20+,22-,23+,24?,25?. The summed E-state index contributed by atoms with van der Waals surface area (Å²) in [7, 11) is 0. The van der Waals surface area contributed by atoms with Gasteiger partial charge < -0.3 is 4.57 Å². The molecule has 30 heavy (non-hydrogen) atoms. The van der Waals surface area contributed by atoms with Crippen molar-refractivity contribution in [1.82, 2.24) is 9.47 Å². The Morgan fingerprint density at radius 3 is 2.27 bits per heavy atom. The van der Waals surface area contributed by atoms with E-state index in [0.717, 1.165) is 30.0 Å². The van der Waals surface area contributed by atoms with Crippen molar-refractivity contribution in [1.29, 1.82) is 0 Å². The van der Waals surface area contributed by atoms with Gasteiger partial charge in [0.25, 0.3) is 0 Å². The Labute approximate surface area is 180 Å². The molecule has 160 valence electrons. The van der Waals surface area contributed by atoms with Gasteiger partial charge >= 0.3 is 0 Å². The molecule has 2 unspecified atom stereocenters. The molecule has 2 aromatic rings. The molecule has 1 aromatic heterocycles. The largest absolute Gasteiger partial charge is 0.344 e. The number of hydrogen-bond donors (Lipinski definition) is 0. The molecule has 0 spiro atoms. The van der Waals surface area contributed by atoms with Crippen molar-refractivity contribution < 1.29 is 4.79 Å². The van der Waals surface area contributed by atoms with Crippen molar-refractivity contribution >= 4 is 16.7 Å². The number of para-hydroxylation sites is 1. The van der Waals surface area contributed by atoms with Crippen molar-refractivity contribution in [3.05, 3.63) is 36.0 Å². The first-order valence-electron chi connectivity index (χ1n) is 12.5. The summed E-state index contributed by atoms with van der Waals surface area (Å²) in [4.78, 5) is 14.9. The number of Topliss-reactive ketones (excluding diaryl/α,β-unsaturated/α-hetero) is 1. The van der Waals surface area contributed by atoms with Crippen molar-refractivity contribution in [3.63, 3.8) is 0 Å².